The van der Waals surface area contributed by atoms with E-state index < -0.39 is 0 Å². The third-order valence-corrected chi connectivity index (χ3v) is 2.62. The second-order valence-electron chi connectivity index (χ2n) is 4.04. The average Bonchev–Trinajstić information content (AvgIpc) is 2.35. The molecule has 1 aliphatic heterocycles. The molecule has 88 valence electrons. The fourth-order valence-electron chi connectivity index (χ4n) is 1.58. The maximum atomic E-state index is 5.80. The lowest BCUT2D eigenvalue weighted by atomic mass is 10.2. The van der Waals surface area contributed by atoms with E-state index in [1.54, 1.807) is 0 Å². The first-order valence-corrected chi connectivity index (χ1v) is 5.61. The van der Waals surface area contributed by atoms with Gasteiger partial charge in [-0.15, -0.1) is 0 Å². The van der Waals surface area contributed by atoms with Crippen LogP contribution in [0.25, 0.3) is 0 Å². The van der Waals surface area contributed by atoms with Crippen LogP contribution in [0.2, 0.25) is 0 Å². The molecule has 0 fully saturated rings. The number of hydrogen-bond donors (Lipinski definition) is 2. The summed E-state index contributed by atoms with van der Waals surface area (Å²) < 4.78 is 11.4. The van der Waals surface area contributed by atoms with Crippen LogP contribution in [0.3, 0.4) is 0 Å². The Morgan fingerprint density at radius 2 is 2.19 bits per heavy atom. The van der Waals surface area contributed by atoms with Crippen LogP contribution in [0.15, 0.2) is 24.3 Å². The van der Waals surface area contributed by atoms with E-state index in [4.69, 9.17) is 15.2 Å². The van der Waals surface area contributed by atoms with Gasteiger partial charge in [0.25, 0.3) is 0 Å². The van der Waals surface area contributed by atoms with E-state index in [-0.39, 0.29) is 6.10 Å². The lowest BCUT2D eigenvalue weighted by Gasteiger charge is -2.27. The van der Waals surface area contributed by atoms with Crippen molar-refractivity contribution in [2.24, 2.45) is 5.73 Å². The zero-order chi connectivity index (χ0) is 11.4. The molecule has 2 rings (SSSR count). The van der Waals surface area contributed by atoms with Crippen molar-refractivity contribution in [3.8, 4) is 11.5 Å². The summed E-state index contributed by atoms with van der Waals surface area (Å²) in [5, 5.41) is 3.30. The van der Waals surface area contributed by atoms with E-state index in [0.717, 1.165) is 18.0 Å². The first-order chi connectivity index (χ1) is 7.79. The van der Waals surface area contributed by atoms with Gasteiger partial charge in [0.2, 0.25) is 0 Å². The molecule has 1 aromatic rings. The van der Waals surface area contributed by atoms with E-state index in [0.29, 0.717) is 19.2 Å². The van der Waals surface area contributed by atoms with E-state index in [2.05, 4.69) is 12.2 Å². The molecule has 1 aliphatic rings. The minimum absolute atomic E-state index is 0.0592. The van der Waals surface area contributed by atoms with Crippen molar-refractivity contribution in [1.29, 1.82) is 0 Å². The predicted octanol–water partition coefficient (Wildman–Crippen LogP) is 0.763. The van der Waals surface area contributed by atoms with Gasteiger partial charge in [-0.2, -0.15) is 0 Å². The lowest BCUT2D eigenvalue weighted by molar-refractivity contribution is 0.0888. The highest BCUT2D eigenvalue weighted by atomic mass is 16.6. The standard InChI is InChI=1S/C12H18N2O2/c1-9(6-13)14-7-10-8-15-11-4-2-3-5-12(11)16-10/h2-5,9-10,14H,6-8,13H2,1H3. The number of rotatable bonds is 4. The van der Waals surface area contributed by atoms with Gasteiger partial charge in [-0.05, 0) is 19.1 Å². The van der Waals surface area contributed by atoms with Crippen LogP contribution in [-0.2, 0) is 0 Å². The van der Waals surface area contributed by atoms with Crippen LogP contribution in [0.5, 0.6) is 11.5 Å². The fraction of sp³-hybridized carbons (Fsp3) is 0.500. The Hall–Kier alpha value is -1.26. The summed E-state index contributed by atoms with van der Waals surface area (Å²) in [6.45, 7) is 4.02. The first kappa shape index (κ1) is 11.2. The summed E-state index contributed by atoms with van der Waals surface area (Å²) in [4.78, 5) is 0. The second kappa shape index (κ2) is 5.18. The Balaban J connectivity index is 1.88. The number of nitrogens with two attached hydrogens (primary N) is 1. The SMILES string of the molecule is CC(CN)NCC1COc2ccccc2O1. The molecule has 0 aliphatic carbocycles. The van der Waals surface area contributed by atoms with Gasteiger partial charge in [0.1, 0.15) is 12.7 Å². The van der Waals surface area contributed by atoms with Crippen molar-refractivity contribution in [3.63, 3.8) is 0 Å². The van der Waals surface area contributed by atoms with Crippen LogP contribution in [0.1, 0.15) is 6.92 Å². The summed E-state index contributed by atoms with van der Waals surface area (Å²) in [7, 11) is 0. The Morgan fingerprint density at radius 3 is 2.94 bits per heavy atom. The molecule has 0 bridgehead atoms. The molecule has 16 heavy (non-hydrogen) atoms. The summed E-state index contributed by atoms with van der Waals surface area (Å²) >= 11 is 0. The smallest absolute Gasteiger partial charge is 0.161 e. The van der Waals surface area contributed by atoms with Crippen LogP contribution in [0, 0.1) is 0 Å². The van der Waals surface area contributed by atoms with Gasteiger partial charge in [-0.1, -0.05) is 12.1 Å². The van der Waals surface area contributed by atoms with E-state index in [1.165, 1.54) is 0 Å². The highest BCUT2D eigenvalue weighted by Crippen LogP contribution is 2.30. The third-order valence-electron chi connectivity index (χ3n) is 2.62. The van der Waals surface area contributed by atoms with E-state index >= 15 is 0 Å². The fourth-order valence-corrected chi connectivity index (χ4v) is 1.58. The van der Waals surface area contributed by atoms with E-state index in [9.17, 15) is 0 Å². The van der Waals surface area contributed by atoms with Gasteiger partial charge in [0.15, 0.2) is 11.5 Å². The predicted molar refractivity (Wildman–Crippen MR) is 62.9 cm³/mol. The van der Waals surface area contributed by atoms with Gasteiger partial charge in [-0.3, -0.25) is 0 Å². The summed E-state index contributed by atoms with van der Waals surface area (Å²) in [6.07, 6.45) is 0.0592. The number of para-hydroxylation sites is 2. The topological polar surface area (TPSA) is 56.5 Å². The van der Waals surface area contributed by atoms with Crippen molar-refractivity contribution >= 4 is 0 Å². The number of hydrogen-bond acceptors (Lipinski definition) is 4. The molecular formula is C12H18N2O2. The largest absolute Gasteiger partial charge is 0.486 e. The van der Waals surface area contributed by atoms with Crippen molar-refractivity contribution in [3.05, 3.63) is 24.3 Å². The quantitative estimate of drug-likeness (QED) is 0.790. The monoisotopic (exact) mass is 222 g/mol. The van der Waals surface area contributed by atoms with Gasteiger partial charge >= 0.3 is 0 Å². The average molecular weight is 222 g/mol. The van der Waals surface area contributed by atoms with Crippen LogP contribution in [0.4, 0.5) is 0 Å². The van der Waals surface area contributed by atoms with E-state index in [1.807, 2.05) is 24.3 Å². The molecule has 0 amide bonds. The maximum Gasteiger partial charge on any atom is 0.161 e. The second-order valence-corrected chi connectivity index (χ2v) is 4.04. The van der Waals surface area contributed by atoms with Crippen LogP contribution < -0.4 is 20.5 Å². The third kappa shape index (κ3) is 2.65. The normalized spacial score (nSPS) is 20.5. The molecule has 4 heteroatoms. The molecule has 0 aromatic heterocycles. The molecule has 0 saturated carbocycles. The van der Waals surface area contributed by atoms with Gasteiger partial charge < -0.3 is 20.5 Å². The summed E-state index contributed by atoms with van der Waals surface area (Å²) in [6, 6.07) is 8.04. The minimum atomic E-state index is 0.0592. The Bertz CT molecular complexity index is 344. The molecule has 0 radical (unpaired) electrons. The number of ether oxygens (including phenoxy) is 2. The molecule has 0 saturated heterocycles. The lowest BCUT2D eigenvalue weighted by Crippen LogP contribution is -2.43. The molecular weight excluding hydrogens is 204 g/mol. The Morgan fingerprint density at radius 1 is 1.44 bits per heavy atom. The first-order valence-electron chi connectivity index (χ1n) is 5.61. The van der Waals surface area contributed by atoms with Crippen LogP contribution in [-0.4, -0.2) is 31.8 Å². The maximum absolute atomic E-state index is 5.80. The molecule has 3 N–H and O–H groups in total. The van der Waals surface area contributed by atoms with Gasteiger partial charge in [-0.25, -0.2) is 0 Å². The highest BCUT2D eigenvalue weighted by molar-refractivity contribution is 5.40. The molecule has 4 nitrogen and oxygen atoms in total. The van der Waals surface area contributed by atoms with Gasteiger partial charge in [0.05, 0.1) is 0 Å². The number of fused-ring (bicyclic) bond motifs is 1. The zero-order valence-electron chi connectivity index (χ0n) is 9.48. The number of benzene rings is 1. The number of nitrogens with one attached hydrogen (secondary N) is 1. The van der Waals surface area contributed by atoms with Gasteiger partial charge in [0, 0.05) is 19.1 Å². The Labute approximate surface area is 95.7 Å². The molecule has 1 aromatic carbocycles. The molecule has 2 atom stereocenters. The highest BCUT2D eigenvalue weighted by Gasteiger charge is 2.20. The van der Waals surface area contributed by atoms with Crippen molar-refractivity contribution in [2.45, 2.75) is 19.1 Å². The zero-order valence-corrected chi connectivity index (χ0v) is 9.48. The minimum Gasteiger partial charge on any atom is -0.486 e. The molecule has 1 heterocycles. The van der Waals surface area contributed by atoms with Crippen molar-refractivity contribution in [2.75, 3.05) is 19.7 Å². The molecule has 0 spiro atoms. The van der Waals surface area contributed by atoms with Crippen molar-refractivity contribution < 1.29 is 9.47 Å². The van der Waals surface area contributed by atoms with Crippen LogP contribution >= 0.6 is 0 Å². The molecule has 2 unspecified atom stereocenters. The summed E-state index contributed by atoms with van der Waals surface area (Å²) in [5.74, 6) is 1.64. The van der Waals surface area contributed by atoms with Crippen molar-refractivity contribution in [1.82, 2.24) is 5.32 Å². The summed E-state index contributed by atoms with van der Waals surface area (Å²) in [5.41, 5.74) is 5.53. The Kier molecular flexibility index (Phi) is 3.64.